The lowest BCUT2D eigenvalue weighted by molar-refractivity contribution is -0.186. The monoisotopic (exact) mass is 413 g/mol. The normalized spacial score (nSPS) is 24.0. The fraction of sp³-hybridized carbons (Fsp3) is 0.667. The van der Waals surface area contributed by atoms with Crippen LogP contribution in [0.1, 0.15) is 63.0 Å². The second-order valence-corrected chi connectivity index (χ2v) is 9.04. The molecule has 3 amide bonds. The minimum atomic E-state index is -0.185. The Hall–Kier alpha value is -2.08. The van der Waals surface area contributed by atoms with Crippen molar-refractivity contribution in [2.45, 2.75) is 63.5 Å². The summed E-state index contributed by atoms with van der Waals surface area (Å²) in [4.78, 5) is 29.9. The van der Waals surface area contributed by atoms with Crippen molar-refractivity contribution in [3.05, 3.63) is 35.9 Å². The summed E-state index contributed by atoms with van der Waals surface area (Å²) in [6.07, 6.45) is 8.13. The predicted octanol–water partition coefficient (Wildman–Crippen LogP) is 3.73. The lowest BCUT2D eigenvalue weighted by Crippen LogP contribution is -2.68. The quantitative estimate of drug-likeness (QED) is 0.571. The van der Waals surface area contributed by atoms with Crippen LogP contribution in [0.4, 0.5) is 4.79 Å². The maximum Gasteiger partial charge on any atom is 0.317 e. The topological polar surface area (TPSA) is 61.9 Å². The first-order chi connectivity index (χ1) is 14.7. The number of carbonyl (C=O) groups is 2. The molecule has 2 heterocycles. The molecule has 6 nitrogen and oxygen atoms in total. The first-order valence-corrected chi connectivity index (χ1v) is 11.6. The Morgan fingerprint density at radius 3 is 2.50 bits per heavy atom. The van der Waals surface area contributed by atoms with E-state index in [0.29, 0.717) is 32.1 Å². The van der Waals surface area contributed by atoms with Gasteiger partial charge in [-0.05, 0) is 37.7 Å². The molecule has 1 aliphatic carbocycles. The maximum absolute atomic E-state index is 13.5. The zero-order chi connectivity index (χ0) is 21.0. The first kappa shape index (κ1) is 21.2. The summed E-state index contributed by atoms with van der Waals surface area (Å²) in [6.45, 7) is 2.70. The molecule has 0 radical (unpaired) electrons. The molecule has 1 saturated carbocycles. The first-order valence-electron chi connectivity index (χ1n) is 11.6. The van der Waals surface area contributed by atoms with Crippen molar-refractivity contribution in [2.75, 3.05) is 33.4 Å². The predicted molar refractivity (Wildman–Crippen MR) is 116 cm³/mol. The zero-order valence-electron chi connectivity index (χ0n) is 18.1. The molecule has 1 aromatic carbocycles. The lowest BCUT2D eigenvalue weighted by atomic mass is 9.59. The molecule has 1 unspecified atom stereocenters. The number of ether oxygens (including phenoxy) is 1. The number of piperidine rings is 1. The minimum Gasteiger partial charge on any atom is -0.385 e. The van der Waals surface area contributed by atoms with Gasteiger partial charge < -0.3 is 19.9 Å². The van der Waals surface area contributed by atoms with Crippen LogP contribution >= 0.6 is 0 Å². The molecule has 1 aromatic rings. The highest BCUT2D eigenvalue weighted by molar-refractivity contribution is 5.91. The van der Waals surface area contributed by atoms with Gasteiger partial charge >= 0.3 is 6.03 Å². The van der Waals surface area contributed by atoms with E-state index in [4.69, 9.17) is 4.74 Å². The summed E-state index contributed by atoms with van der Waals surface area (Å²) in [7, 11) is 1.67. The van der Waals surface area contributed by atoms with Gasteiger partial charge in [-0.15, -0.1) is 0 Å². The number of urea groups is 1. The van der Waals surface area contributed by atoms with Crippen LogP contribution in [0.5, 0.6) is 0 Å². The van der Waals surface area contributed by atoms with E-state index < -0.39 is 0 Å². The third kappa shape index (κ3) is 3.94. The minimum absolute atomic E-state index is 0.00264. The Labute approximate surface area is 179 Å². The standard InChI is InChI=1S/C24H35N3O3/c1-30-18-8-15-25-23(29)26-16-11-20(12-17-26)27-21(19-9-4-2-5-10-19)24(22(27)28)13-6-3-7-14-24/h2,4-5,9-10,20-21H,3,6-8,11-18H2,1H3,(H,25,29). The Kier molecular flexibility index (Phi) is 6.61. The largest absolute Gasteiger partial charge is 0.385 e. The van der Waals surface area contributed by atoms with Crippen molar-refractivity contribution >= 4 is 11.9 Å². The summed E-state index contributed by atoms with van der Waals surface area (Å²) in [5.41, 5.74) is 1.09. The molecule has 1 spiro atoms. The fourth-order valence-electron chi connectivity index (χ4n) is 5.72. The number of hydrogen-bond acceptors (Lipinski definition) is 3. The molecule has 2 saturated heterocycles. The van der Waals surface area contributed by atoms with Crippen LogP contribution in [-0.2, 0) is 9.53 Å². The van der Waals surface area contributed by atoms with Crippen molar-refractivity contribution in [3.8, 4) is 0 Å². The van der Waals surface area contributed by atoms with E-state index in [1.165, 1.54) is 12.0 Å². The van der Waals surface area contributed by atoms with E-state index in [2.05, 4.69) is 34.5 Å². The third-order valence-electron chi connectivity index (χ3n) is 7.27. The van der Waals surface area contributed by atoms with Gasteiger partial charge in [0.2, 0.25) is 5.91 Å². The van der Waals surface area contributed by atoms with Crippen LogP contribution in [0.25, 0.3) is 0 Å². The van der Waals surface area contributed by atoms with Crippen LogP contribution in [-0.4, -0.2) is 61.1 Å². The summed E-state index contributed by atoms with van der Waals surface area (Å²) < 4.78 is 5.03. The summed E-state index contributed by atoms with van der Waals surface area (Å²) in [6, 6.07) is 11.0. The van der Waals surface area contributed by atoms with Crippen LogP contribution < -0.4 is 5.32 Å². The molecular weight excluding hydrogens is 378 g/mol. The Morgan fingerprint density at radius 1 is 1.13 bits per heavy atom. The van der Waals surface area contributed by atoms with Gasteiger partial charge in [0.25, 0.3) is 0 Å². The molecule has 1 N–H and O–H groups in total. The highest BCUT2D eigenvalue weighted by Crippen LogP contribution is 2.59. The van der Waals surface area contributed by atoms with Crippen molar-refractivity contribution in [1.29, 1.82) is 0 Å². The molecule has 0 aromatic heterocycles. The van der Waals surface area contributed by atoms with Crippen molar-refractivity contribution in [1.82, 2.24) is 15.1 Å². The van der Waals surface area contributed by atoms with Gasteiger partial charge in [0, 0.05) is 39.4 Å². The van der Waals surface area contributed by atoms with Gasteiger partial charge in [-0.25, -0.2) is 4.79 Å². The number of nitrogens with zero attached hydrogens (tertiary/aromatic N) is 2. The molecule has 164 valence electrons. The van der Waals surface area contributed by atoms with Gasteiger partial charge in [0.15, 0.2) is 0 Å². The molecule has 2 aliphatic heterocycles. The molecule has 3 fully saturated rings. The van der Waals surface area contributed by atoms with Gasteiger partial charge in [0.05, 0.1) is 11.5 Å². The number of hydrogen-bond donors (Lipinski definition) is 1. The molecular formula is C24H35N3O3. The molecule has 3 aliphatic rings. The maximum atomic E-state index is 13.5. The summed E-state index contributed by atoms with van der Waals surface area (Å²) >= 11 is 0. The van der Waals surface area contributed by atoms with Gasteiger partial charge in [-0.3, -0.25) is 4.79 Å². The summed E-state index contributed by atoms with van der Waals surface area (Å²) in [5.74, 6) is 0.360. The molecule has 30 heavy (non-hydrogen) atoms. The van der Waals surface area contributed by atoms with E-state index in [0.717, 1.165) is 44.9 Å². The van der Waals surface area contributed by atoms with Crippen LogP contribution in [0, 0.1) is 5.41 Å². The second-order valence-electron chi connectivity index (χ2n) is 9.04. The smallest absolute Gasteiger partial charge is 0.317 e. The van der Waals surface area contributed by atoms with Crippen molar-refractivity contribution < 1.29 is 14.3 Å². The van der Waals surface area contributed by atoms with E-state index >= 15 is 0 Å². The number of benzene rings is 1. The lowest BCUT2D eigenvalue weighted by Gasteiger charge is -2.61. The van der Waals surface area contributed by atoms with Crippen molar-refractivity contribution in [3.63, 3.8) is 0 Å². The summed E-state index contributed by atoms with van der Waals surface area (Å²) in [5, 5.41) is 2.98. The Bertz CT molecular complexity index is 724. The van der Waals surface area contributed by atoms with E-state index in [9.17, 15) is 9.59 Å². The average molecular weight is 414 g/mol. The average Bonchev–Trinajstić information content (AvgIpc) is 2.81. The zero-order valence-corrected chi connectivity index (χ0v) is 18.1. The molecule has 4 rings (SSSR count). The fourth-order valence-corrected chi connectivity index (χ4v) is 5.72. The van der Waals surface area contributed by atoms with Gasteiger partial charge in [0.1, 0.15) is 0 Å². The highest BCUT2D eigenvalue weighted by Gasteiger charge is 2.62. The Morgan fingerprint density at radius 2 is 1.83 bits per heavy atom. The van der Waals surface area contributed by atoms with Crippen molar-refractivity contribution in [2.24, 2.45) is 5.41 Å². The number of rotatable bonds is 6. The number of likely N-dealkylation sites (tertiary alicyclic amines) is 2. The van der Waals surface area contributed by atoms with Crippen LogP contribution in [0.15, 0.2) is 30.3 Å². The molecule has 0 bridgehead atoms. The number of nitrogens with one attached hydrogen (secondary N) is 1. The van der Waals surface area contributed by atoms with Crippen LogP contribution in [0.2, 0.25) is 0 Å². The van der Waals surface area contributed by atoms with Gasteiger partial charge in [-0.2, -0.15) is 0 Å². The number of amides is 3. The number of β-lactam (4-membered cyclic amide) rings is 1. The van der Waals surface area contributed by atoms with E-state index in [-0.39, 0.29) is 23.5 Å². The highest BCUT2D eigenvalue weighted by atomic mass is 16.5. The Balaban J connectivity index is 1.40. The second kappa shape index (κ2) is 9.38. The number of carbonyl (C=O) groups excluding carboxylic acids is 2. The third-order valence-corrected chi connectivity index (χ3v) is 7.27. The molecule has 6 heteroatoms. The van der Waals surface area contributed by atoms with E-state index in [1.54, 1.807) is 7.11 Å². The van der Waals surface area contributed by atoms with Gasteiger partial charge in [-0.1, -0.05) is 49.6 Å². The number of methoxy groups -OCH3 is 1. The van der Waals surface area contributed by atoms with Crippen LogP contribution in [0.3, 0.4) is 0 Å². The molecule has 1 atom stereocenters. The van der Waals surface area contributed by atoms with E-state index in [1.807, 2.05) is 11.0 Å². The SMILES string of the molecule is COCCCNC(=O)N1CCC(N2C(=O)C3(CCCCC3)C2c2ccccc2)CC1.